The topological polar surface area (TPSA) is 69.6 Å². The Morgan fingerprint density at radius 2 is 1.94 bits per heavy atom. The van der Waals surface area contributed by atoms with Gasteiger partial charge in [0.2, 0.25) is 0 Å². The molecule has 1 aromatic carbocycles. The molecule has 1 rings (SSSR count). The van der Waals surface area contributed by atoms with Crippen LogP contribution in [0.2, 0.25) is 0 Å². The summed E-state index contributed by atoms with van der Waals surface area (Å²) in [7, 11) is 1.65. The number of anilines is 1. The maximum atomic E-state index is 11.9. The minimum absolute atomic E-state index is 0.0646. The Bertz CT molecular complexity index is 406. The van der Waals surface area contributed by atoms with E-state index in [1.54, 1.807) is 7.05 Å². The van der Waals surface area contributed by atoms with Crippen LogP contribution in [0.3, 0.4) is 0 Å². The number of benzene rings is 1. The number of aliphatic carboxylic acids is 1. The highest BCUT2D eigenvalue weighted by Crippen LogP contribution is 2.11. The zero-order valence-electron chi connectivity index (χ0n) is 10.6. The van der Waals surface area contributed by atoms with Crippen LogP contribution in [0.25, 0.3) is 0 Å². The summed E-state index contributed by atoms with van der Waals surface area (Å²) in [5.74, 6) is -0.912. The first kappa shape index (κ1) is 14.0. The molecule has 0 aliphatic carbocycles. The average molecular weight is 250 g/mol. The van der Waals surface area contributed by atoms with Crippen LogP contribution >= 0.6 is 0 Å². The molecule has 5 nitrogen and oxygen atoms in total. The summed E-state index contributed by atoms with van der Waals surface area (Å²) in [5, 5.41) is 11.4. The number of nitrogens with one attached hydrogen (secondary N) is 1. The largest absolute Gasteiger partial charge is 0.481 e. The maximum Gasteiger partial charge on any atom is 0.321 e. The summed E-state index contributed by atoms with van der Waals surface area (Å²) in [5.41, 5.74) is 0.764. The van der Waals surface area contributed by atoms with Gasteiger partial charge in [-0.1, -0.05) is 25.1 Å². The number of carbonyl (C=O) groups excluding carboxylic acids is 1. The van der Waals surface area contributed by atoms with Crippen LogP contribution in [0.15, 0.2) is 30.3 Å². The van der Waals surface area contributed by atoms with Gasteiger partial charge in [0.25, 0.3) is 0 Å². The fourth-order valence-electron chi connectivity index (χ4n) is 1.55. The standard InChI is InChI=1S/C13H18N2O3/c1-3-10(9-12(16)17)14-13(18)15(2)11-7-5-4-6-8-11/h4-8,10H,3,9H2,1-2H3,(H,14,18)(H,16,17). The van der Waals surface area contributed by atoms with Gasteiger partial charge in [-0.25, -0.2) is 4.79 Å². The Morgan fingerprint density at radius 3 is 2.44 bits per heavy atom. The first-order chi connectivity index (χ1) is 8.54. The Balaban J connectivity index is 2.61. The Labute approximate surface area is 106 Å². The van der Waals surface area contributed by atoms with Crippen LogP contribution in [0.4, 0.5) is 10.5 Å². The van der Waals surface area contributed by atoms with Gasteiger partial charge in [0.15, 0.2) is 0 Å². The lowest BCUT2D eigenvalue weighted by atomic mass is 10.1. The number of hydrogen-bond donors (Lipinski definition) is 2. The molecular formula is C13H18N2O3. The van der Waals surface area contributed by atoms with Gasteiger partial charge in [-0.05, 0) is 18.6 Å². The van der Waals surface area contributed by atoms with E-state index in [1.165, 1.54) is 4.90 Å². The van der Waals surface area contributed by atoms with E-state index >= 15 is 0 Å². The van der Waals surface area contributed by atoms with Crippen LogP contribution in [-0.2, 0) is 4.79 Å². The van der Waals surface area contributed by atoms with Crippen molar-refractivity contribution >= 4 is 17.7 Å². The Kier molecular flexibility index (Phi) is 5.17. The van der Waals surface area contributed by atoms with Crippen molar-refractivity contribution in [1.29, 1.82) is 0 Å². The van der Waals surface area contributed by atoms with E-state index in [0.29, 0.717) is 6.42 Å². The molecule has 98 valence electrons. The molecular weight excluding hydrogens is 232 g/mol. The SMILES string of the molecule is CCC(CC(=O)O)NC(=O)N(C)c1ccccc1. The average Bonchev–Trinajstić information content (AvgIpc) is 2.37. The monoisotopic (exact) mass is 250 g/mol. The van der Waals surface area contributed by atoms with Crippen LogP contribution in [0, 0.1) is 0 Å². The van der Waals surface area contributed by atoms with Crippen molar-refractivity contribution in [3.8, 4) is 0 Å². The maximum absolute atomic E-state index is 11.9. The molecule has 0 radical (unpaired) electrons. The lowest BCUT2D eigenvalue weighted by Gasteiger charge is -2.22. The van der Waals surface area contributed by atoms with Crippen LogP contribution in [0.5, 0.6) is 0 Å². The fraction of sp³-hybridized carbons (Fsp3) is 0.385. The first-order valence-corrected chi connectivity index (χ1v) is 5.85. The molecule has 0 heterocycles. The summed E-state index contributed by atoms with van der Waals surface area (Å²) in [6, 6.07) is 8.54. The third kappa shape index (κ3) is 4.08. The molecule has 0 aliphatic rings. The minimum Gasteiger partial charge on any atom is -0.481 e. The van der Waals surface area contributed by atoms with Crippen molar-refractivity contribution in [1.82, 2.24) is 5.32 Å². The number of carboxylic acid groups (broad SMARTS) is 1. The minimum atomic E-state index is -0.912. The number of hydrogen-bond acceptors (Lipinski definition) is 2. The van der Waals surface area contributed by atoms with E-state index in [-0.39, 0.29) is 18.5 Å². The zero-order valence-corrected chi connectivity index (χ0v) is 10.6. The Hall–Kier alpha value is -2.04. The zero-order chi connectivity index (χ0) is 13.5. The highest BCUT2D eigenvalue weighted by Gasteiger charge is 2.17. The summed E-state index contributed by atoms with van der Waals surface area (Å²) in [6.07, 6.45) is 0.519. The lowest BCUT2D eigenvalue weighted by molar-refractivity contribution is -0.137. The molecule has 0 saturated heterocycles. The number of carbonyl (C=O) groups is 2. The molecule has 1 atom stereocenters. The van der Waals surface area contributed by atoms with E-state index in [0.717, 1.165) is 5.69 Å². The van der Waals surface area contributed by atoms with E-state index in [1.807, 2.05) is 37.3 Å². The van der Waals surface area contributed by atoms with Crippen molar-refractivity contribution in [2.75, 3.05) is 11.9 Å². The number of para-hydroxylation sites is 1. The summed E-state index contributed by atoms with van der Waals surface area (Å²) >= 11 is 0. The van der Waals surface area contributed by atoms with Crippen molar-refractivity contribution in [3.63, 3.8) is 0 Å². The highest BCUT2D eigenvalue weighted by atomic mass is 16.4. The van der Waals surface area contributed by atoms with Crippen molar-refractivity contribution in [2.45, 2.75) is 25.8 Å². The molecule has 0 saturated carbocycles. The lowest BCUT2D eigenvalue weighted by Crippen LogP contribution is -2.43. The second-order valence-electron chi connectivity index (χ2n) is 4.05. The van der Waals surface area contributed by atoms with E-state index in [9.17, 15) is 9.59 Å². The van der Waals surface area contributed by atoms with Gasteiger partial charge >= 0.3 is 12.0 Å². The summed E-state index contributed by atoms with van der Waals surface area (Å²) in [4.78, 5) is 24.0. The summed E-state index contributed by atoms with van der Waals surface area (Å²) < 4.78 is 0. The van der Waals surface area contributed by atoms with Gasteiger partial charge in [-0.15, -0.1) is 0 Å². The fourth-order valence-corrected chi connectivity index (χ4v) is 1.55. The van der Waals surface area contributed by atoms with Crippen LogP contribution in [-0.4, -0.2) is 30.2 Å². The van der Waals surface area contributed by atoms with Gasteiger partial charge in [0, 0.05) is 18.8 Å². The molecule has 0 bridgehead atoms. The molecule has 0 aromatic heterocycles. The second kappa shape index (κ2) is 6.64. The van der Waals surface area contributed by atoms with Crippen molar-refractivity contribution in [3.05, 3.63) is 30.3 Å². The van der Waals surface area contributed by atoms with Crippen LogP contribution < -0.4 is 10.2 Å². The number of amides is 2. The normalized spacial score (nSPS) is 11.7. The molecule has 2 N–H and O–H groups in total. The molecule has 18 heavy (non-hydrogen) atoms. The number of rotatable bonds is 5. The molecule has 5 heteroatoms. The quantitative estimate of drug-likeness (QED) is 0.840. The van der Waals surface area contributed by atoms with E-state index in [2.05, 4.69) is 5.32 Å². The first-order valence-electron chi connectivity index (χ1n) is 5.85. The Morgan fingerprint density at radius 1 is 1.33 bits per heavy atom. The number of carboxylic acids is 1. The second-order valence-corrected chi connectivity index (χ2v) is 4.05. The molecule has 1 unspecified atom stereocenters. The number of nitrogens with zero attached hydrogens (tertiary/aromatic N) is 1. The highest BCUT2D eigenvalue weighted by molar-refractivity contribution is 5.91. The van der Waals surface area contributed by atoms with Crippen LogP contribution in [0.1, 0.15) is 19.8 Å². The van der Waals surface area contributed by atoms with Crippen molar-refractivity contribution < 1.29 is 14.7 Å². The molecule has 2 amide bonds. The third-order valence-corrected chi connectivity index (χ3v) is 2.69. The predicted octanol–water partition coefficient (Wildman–Crippen LogP) is 2.09. The van der Waals surface area contributed by atoms with Crippen molar-refractivity contribution in [2.24, 2.45) is 0 Å². The van der Waals surface area contributed by atoms with Gasteiger partial charge < -0.3 is 10.4 Å². The van der Waals surface area contributed by atoms with E-state index < -0.39 is 5.97 Å². The van der Waals surface area contributed by atoms with Gasteiger partial charge in [-0.2, -0.15) is 0 Å². The van der Waals surface area contributed by atoms with Gasteiger partial charge in [0.05, 0.1) is 6.42 Å². The van der Waals surface area contributed by atoms with E-state index in [4.69, 9.17) is 5.11 Å². The predicted molar refractivity (Wildman–Crippen MR) is 69.7 cm³/mol. The number of urea groups is 1. The van der Waals surface area contributed by atoms with Gasteiger partial charge in [-0.3, -0.25) is 9.69 Å². The summed E-state index contributed by atoms with van der Waals surface area (Å²) in [6.45, 7) is 1.84. The smallest absolute Gasteiger partial charge is 0.321 e. The molecule has 0 spiro atoms. The molecule has 0 fully saturated rings. The third-order valence-electron chi connectivity index (χ3n) is 2.69. The van der Waals surface area contributed by atoms with Gasteiger partial charge in [0.1, 0.15) is 0 Å². The molecule has 0 aliphatic heterocycles. The molecule has 1 aromatic rings.